The molecule has 0 radical (unpaired) electrons. The molecule has 178 valence electrons. The summed E-state index contributed by atoms with van der Waals surface area (Å²) in [5.41, 5.74) is 3.08. The van der Waals surface area contributed by atoms with E-state index in [1.165, 1.54) is 17.5 Å². The molecule has 5 atom stereocenters. The van der Waals surface area contributed by atoms with Crippen molar-refractivity contribution in [1.29, 1.82) is 0 Å². The SMILES string of the molecule is CCc1cccc(CC(B2O[C@@H]3C[C@@H]4C[C@@H](C4(C)C)[C@]3(C)O2)N([Si](C)(C)C)[Si](C)(C)C)c1. The second kappa shape index (κ2) is 8.08. The van der Waals surface area contributed by atoms with Gasteiger partial charge in [0, 0.05) is 5.94 Å². The smallest absolute Gasteiger partial charge is 0.404 e. The Labute approximate surface area is 200 Å². The first kappa shape index (κ1) is 24.7. The molecule has 3 nitrogen and oxygen atoms in total. The van der Waals surface area contributed by atoms with Gasteiger partial charge in [-0.25, -0.2) is 0 Å². The molecule has 1 aliphatic heterocycles. The zero-order chi connectivity index (χ0) is 23.7. The first-order valence-corrected chi connectivity index (χ1v) is 19.8. The molecule has 2 bridgehead atoms. The molecule has 3 saturated carbocycles. The van der Waals surface area contributed by atoms with E-state index >= 15 is 0 Å². The first-order valence-electron chi connectivity index (χ1n) is 12.9. The zero-order valence-corrected chi connectivity index (χ0v) is 24.3. The van der Waals surface area contributed by atoms with Gasteiger partial charge in [-0.05, 0) is 61.0 Å². The minimum atomic E-state index is -1.60. The van der Waals surface area contributed by atoms with Crippen molar-refractivity contribution in [2.24, 2.45) is 17.3 Å². The van der Waals surface area contributed by atoms with Gasteiger partial charge in [0.25, 0.3) is 0 Å². The zero-order valence-electron chi connectivity index (χ0n) is 22.3. The lowest BCUT2D eigenvalue weighted by Crippen LogP contribution is -2.68. The lowest BCUT2D eigenvalue weighted by molar-refractivity contribution is -0.199. The van der Waals surface area contributed by atoms with E-state index in [0.717, 1.165) is 25.2 Å². The van der Waals surface area contributed by atoms with Gasteiger partial charge in [0.2, 0.25) is 0 Å². The molecule has 0 aromatic heterocycles. The van der Waals surface area contributed by atoms with Crippen molar-refractivity contribution in [3.63, 3.8) is 0 Å². The quantitative estimate of drug-likeness (QED) is 0.430. The highest BCUT2D eigenvalue weighted by Gasteiger charge is 2.69. The van der Waals surface area contributed by atoms with Gasteiger partial charge in [-0.3, -0.25) is 0 Å². The third-order valence-corrected chi connectivity index (χ3v) is 16.5. The Bertz CT molecular complexity index is 835. The monoisotopic (exact) mass is 471 g/mol. The van der Waals surface area contributed by atoms with E-state index < -0.39 is 16.5 Å². The van der Waals surface area contributed by atoms with Crippen LogP contribution in [0.1, 0.15) is 51.7 Å². The van der Waals surface area contributed by atoms with Crippen LogP contribution in [-0.2, 0) is 22.2 Å². The van der Waals surface area contributed by atoms with Crippen LogP contribution >= 0.6 is 0 Å². The topological polar surface area (TPSA) is 21.7 Å². The molecule has 6 heteroatoms. The average molecular weight is 472 g/mol. The fraction of sp³-hybridized carbons (Fsp3) is 0.769. The molecule has 4 fully saturated rings. The lowest BCUT2D eigenvalue weighted by Gasteiger charge is -2.64. The van der Waals surface area contributed by atoms with E-state index in [2.05, 4.69) is 95.5 Å². The summed E-state index contributed by atoms with van der Waals surface area (Å²) in [6.45, 7) is 24.5. The van der Waals surface area contributed by atoms with Gasteiger partial charge in [0.1, 0.15) is 16.5 Å². The fourth-order valence-corrected chi connectivity index (χ4v) is 18.1. The maximum absolute atomic E-state index is 7.08. The number of rotatable bonds is 7. The Kier molecular flexibility index (Phi) is 6.24. The number of nitrogens with zero attached hydrogens (tertiary/aromatic N) is 1. The maximum atomic E-state index is 7.08. The Hall–Kier alpha value is -0.401. The summed E-state index contributed by atoms with van der Waals surface area (Å²) >= 11 is 0. The molecule has 1 aromatic carbocycles. The highest BCUT2D eigenvalue weighted by molar-refractivity contribution is 6.90. The third-order valence-electron chi connectivity index (χ3n) is 8.90. The molecule has 0 amide bonds. The van der Waals surface area contributed by atoms with Crippen LogP contribution in [0.4, 0.5) is 0 Å². The molecule has 1 aromatic rings. The molecular formula is C26H46BNO2Si2. The van der Waals surface area contributed by atoms with Crippen LogP contribution in [-0.4, -0.2) is 45.5 Å². The van der Waals surface area contributed by atoms with E-state index in [1.807, 2.05) is 0 Å². The summed E-state index contributed by atoms with van der Waals surface area (Å²) in [5, 5.41) is 0. The van der Waals surface area contributed by atoms with Crippen LogP contribution < -0.4 is 0 Å². The molecular weight excluding hydrogens is 425 g/mol. The predicted octanol–water partition coefficient (Wildman–Crippen LogP) is 6.40. The molecule has 4 aliphatic rings. The molecule has 5 rings (SSSR count). The fourth-order valence-electron chi connectivity index (χ4n) is 7.59. The number of hydrogen-bond donors (Lipinski definition) is 0. The molecule has 0 spiro atoms. The van der Waals surface area contributed by atoms with Gasteiger partial charge in [-0.2, -0.15) is 0 Å². The molecule has 0 N–H and O–H groups in total. The molecule has 1 unspecified atom stereocenters. The first-order chi connectivity index (χ1) is 14.7. The van der Waals surface area contributed by atoms with Crippen LogP contribution in [0.5, 0.6) is 0 Å². The van der Waals surface area contributed by atoms with Crippen LogP contribution in [0.15, 0.2) is 24.3 Å². The highest BCUT2D eigenvalue weighted by atomic mass is 28.4. The van der Waals surface area contributed by atoms with E-state index in [-0.39, 0.29) is 24.8 Å². The largest absolute Gasteiger partial charge is 0.475 e. The minimum Gasteiger partial charge on any atom is -0.404 e. The summed E-state index contributed by atoms with van der Waals surface area (Å²) in [6, 6.07) is 9.19. The summed E-state index contributed by atoms with van der Waals surface area (Å²) in [6.07, 6.45) is 4.81. The normalized spacial score (nSPS) is 32.6. The van der Waals surface area contributed by atoms with Crippen molar-refractivity contribution < 1.29 is 9.31 Å². The average Bonchev–Trinajstić information content (AvgIpc) is 3.02. The molecule has 32 heavy (non-hydrogen) atoms. The van der Waals surface area contributed by atoms with Crippen molar-refractivity contribution in [2.75, 3.05) is 0 Å². The van der Waals surface area contributed by atoms with Gasteiger partial charge in [0.15, 0.2) is 0 Å². The number of hydrogen-bond acceptors (Lipinski definition) is 3. The maximum Gasteiger partial charge on any atom is 0.475 e. The van der Waals surface area contributed by atoms with Crippen LogP contribution in [0.25, 0.3) is 0 Å². The van der Waals surface area contributed by atoms with Gasteiger partial charge in [-0.1, -0.05) is 84.3 Å². The molecule has 1 saturated heterocycles. The number of benzene rings is 1. The van der Waals surface area contributed by atoms with Gasteiger partial charge >= 0.3 is 7.12 Å². The Balaban J connectivity index is 1.69. The Morgan fingerprint density at radius 2 is 1.66 bits per heavy atom. The van der Waals surface area contributed by atoms with Crippen LogP contribution in [0.2, 0.25) is 39.3 Å². The second-order valence-electron chi connectivity index (χ2n) is 13.5. The highest BCUT2D eigenvalue weighted by Crippen LogP contribution is 2.65. The summed E-state index contributed by atoms with van der Waals surface area (Å²) in [4.78, 5) is 0. The van der Waals surface area contributed by atoms with E-state index in [0.29, 0.717) is 11.3 Å². The standard InChI is InChI=1S/C26H46BNO2Si2/c1-11-19-13-12-14-20(15-19)16-24(28(31(5,6)7)32(8,9)10)27-29-23-18-21-17-22(25(21,2)3)26(23,4)30-27/h12-15,21-24H,11,16-18H2,1-10H3/t21-,22-,23+,24?,26-/m0/s1. The lowest BCUT2D eigenvalue weighted by atomic mass is 9.43. The Morgan fingerprint density at radius 1 is 1.03 bits per heavy atom. The van der Waals surface area contributed by atoms with Crippen molar-refractivity contribution in [1.82, 2.24) is 4.23 Å². The molecule has 3 aliphatic carbocycles. The second-order valence-corrected chi connectivity index (χ2v) is 23.6. The summed E-state index contributed by atoms with van der Waals surface area (Å²) in [5.74, 6) is 1.68. The van der Waals surface area contributed by atoms with Gasteiger partial charge in [0.05, 0.1) is 11.7 Å². The summed E-state index contributed by atoms with van der Waals surface area (Å²) < 4.78 is 16.9. The van der Waals surface area contributed by atoms with Crippen molar-refractivity contribution >= 4 is 23.6 Å². The van der Waals surface area contributed by atoms with Crippen LogP contribution in [0.3, 0.4) is 0 Å². The third kappa shape index (κ3) is 4.13. The Morgan fingerprint density at radius 3 is 2.22 bits per heavy atom. The van der Waals surface area contributed by atoms with Gasteiger partial charge < -0.3 is 13.5 Å². The number of aryl methyl sites for hydroxylation is 1. The van der Waals surface area contributed by atoms with E-state index in [9.17, 15) is 0 Å². The van der Waals surface area contributed by atoms with E-state index in [1.54, 1.807) is 0 Å². The van der Waals surface area contributed by atoms with Gasteiger partial charge in [-0.15, -0.1) is 0 Å². The van der Waals surface area contributed by atoms with Crippen molar-refractivity contribution in [3.05, 3.63) is 35.4 Å². The van der Waals surface area contributed by atoms with Crippen LogP contribution in [0, 0.1) is 17.3 Å². The van der Waals surface area contributed by atoms with Crippen molar-refractivity contribution in [3.8, 4) is 0 Å². The summed E-state index contributed by atoms with van der Waals surface area (Å²) in [7, 11) is -3.34. The minimum absolute atomic E-state index is 0.135. The predicted molar refractivity (Wildman–Crippen MR) is 142 cm³/mol. The molecule has 1 heterocycles. The van der Waals surface area contributed by atoms with E-state index in [4.69, 9.17) is 9.31 Å². The van der Waals surface area contributed by atoms with Crippen molar-refractivity contribution in [2.45, 2.75) is 110 Å².